The summed E-state index contributed by atoms with van der Waals surface area (Å²) in [4.78, 5) is 33.8. The molecule has 4 aromatic rings. The molecule has 1 aromatic carbocycles. The predicted molar refractivity (Wildman–Crippen MR) is 120 cm³/mol. The summed E-state index contributed by atoms with van der Waals surface area (Å²) in [5.74, 6) is 0.276. The molecule has 0 bridgehead atoms. The SMILES string of the molecule is CC(C)n1cnnc1-c1cccc(NC(=O)c2cccc(C(=O)Nc3cccnc3)c2)n1. The molecule has 2 amide bonds. The summed E-state index contributed by atoms with van der Waals surface area (Å²) in [6, 6.07) is 15.4. The molecule has 32 heavy (non-hydrogen) atoms. The summed E-state index contributed by atoms with van der Waals surface area (Å²) >= 11 is 0. The lowest BCUT2D eigenvalue weighted by atomic mass is 10.1. The number of carbonyl (C=O) groups is 2. The van der Waals surface area contributed by atoms with Gasteiger partial charge in [0.05, 0.1) is 11.9 Å². The largest absolute Gasteiger partial charge is 0.321 e. The first-order chi connectivity index (χ1) is 15.5. The third-order valence-electron chi connectivity index (χ3n) is 4.66. The lowest BCUT2D eigenvalue weighted by molar-refractivity contribution is 0.102. The van der Waals surface area contributed by atoms with Crippen LogP contribution in [-0.4, -0.2) is 36.5 Å². The van der Waals surface area contributed by atoms with Gasteiger partial charge in [0.1, 0.15) is 17.8 Å². The number of amides is 2. The van der Waals surface area contributed by atoms with Crippen molar-refractivity contribution in [2.75, 3.05) is 10.6 Å². The fourth-order valence-electron chi connectivity index (χ4n) is 3.06. The van der Waals surface area contributed by atoms with E-state index in [2.05, 4.69) is 30.8 Å². The normalized spacial score (nSPS) is 10.7. The fourth-order valence-corrected chi connectivity index (χ4v) is 3.06. The van der Waals surface area contributed by atoms with Crippen molar-refractivity contribution in [2.24, 2.45) is 0 Å². The second kappa shape index (κ2) is 9.17. The number of anilines is 2. The first-order valence-corrected chi connectivity index (χ1v) is 10.0. The Kier molecular flexibility index (Phi) is 5.98. The molecule has 0 aliphatic heterocycles. The molecule has 0 spiro atoms. The Balaban J connectivity index is 1.50. The number of benzene rings is 1. The van der Waals surface area contributed by atoms with Crippen LogP contribution < -0.4 is 10.6 Å². The smallest absolute Gasteiger partial charge is 0.256 e. The van der Waals surface area contributed by atoms with Gasteiger partial charge in [-0.2, -0.15) is 0 Å². The number of hydrogen-bond acceptors (Lipinski definition) is 6. The predicted octanol–water partition coefficient (Wildman–Crippen LogP) is 3.82. The molecule has 160 valence electrons. The number of nitrogens with zero attached hydrogens (tertiary/aromatic N) is 5. The third-order valence-corrected chi connectivity index (χ3v) is 4.66. The van der Waals surface area contributed by atoms with Crippen LogP contribution in [0.15, 0.2) is 73.3 Å². The van der Waals surface area contributed by atoms with Gasteiger partial charge in [0.15, 0.2) is 5.82 Å². The van der Waals surface area contributed by atoms with Gasteiger partial charge in [-0.05, 0) is 56.3 Å². The average Bonchev–Trinajstić information content (AvgIpc) is 3.30. The molecule has 0 atom stereocenters. The molecule has 0 saturated carbocycles. The van der Waals surface area contributed by atoms with Gasteiger partial charge in [0.2, 0.25) is 0 Å². The van der Waals surface area contributed by atoms with Crippen molar-refractivity contribution in [1.82, 2.24) is 24.7 Å². The van der Waals surface area contributed by atoms with Crippen LogP contribution in [0.2, 0.25) is 0 Å². The summed E-state index contributed by atoms with van der Waals surface area (Å²) in [5.41, 5.74) is 1.86. The summed E-state index contributed by atoms with van der Waals surface area (Å²) in [6.07, 6.45) is 4.82. The molecule has 3 heterocycles. The number of hydrogen-bond donors (Lipinski definition) is 2. The Morgan fingerprint density at radius 3 is 2.41 bits per heavy atom. The van der Waals surface area contributed by atoms with E-state index in [-0.39, 0.29) is 17.9 Å². The van der Waals surface area contributed by atoms with Gasteiger partial charge in [-0.25, -0.2) is 4.98 Å². The highest BCUT2D eigenvalue weighted by Gasteiger charge is 2.14. The van der Waals surface area contributed by atoms with Gasteiger partial charge in [0, 0.05) is 23.4 Å². The molecule has 9 heteroatoms. The number of pyridine rings is 2. The van der Waals surface area contributed by atoms with Gasteiger partial charge < -0.3 is 15.2 Å². The van der Waals surface area contributed by atoms with Crippen LogP contribution >= 0.6 is 0 Å². The van der Waals surface area contributed by atoms with E-state index in [9.17, 15) is 9.59 Å². The van der Waals surface area contributed by atoms with Crippen LogP contribution in [0.1, 0.15) is 40.6 Å². The third kappa shape index (κ3) is 4.67. The zero-order valence-corrected chi connectivity index (χ0v) is 17.6. The molecule has 0 aliphatic rings. The molecule has 0 fully saturated rings. The zero-order chi connectivity index (χ0) is 22.5. The van der Waals surface area contributed by atoms with Crippen LogP contribution in [0, 0.1) is 0 Å². The van der Waals surface area contributed by atoms with Crippen molar-refractivity contribution in [3.8, 4) is 11.5 Å². The van der Waals surface area contributed by atoms with Crippen molar-refractivity contribution in [3.05, 3.63) is 84.4 Å². The van der Waals surface area contributed by atoms with E-state index in [4.69, 9.17) is 0 Å². The maximum absolute atomic E-state index is 12.8. The molecule has 9 nitrogen and oxygen atoms in total. The van der Waals surface area contributed by atoms with E-state index in [0.29, 0.717) is 34.2 Å². The van der Waals surface area contributed by atoms with E-state index < -0.39 is 0 Å². The van der Waals surface area contributed by atoms with Crippen molar-refractivity contribution < 1.29 is 9.59 Å². The van der Waals surface area contributed by atoms with Gasteiger partial charge in [0.25, 0.3) is 11.8 Å². The highest BCUT2D eigenvalue weighted by Crippen LogP contribution is 2.20. The van der Waals surface area contributed by atoms with Gasteiger partial charge >= 0.3 is 0 Å². The number of carbonyl (C=O) groups excluding carboxylic acids is 2. The lowest BCUT2D eigenvalue weighted by Crippen LogP contribution is -2.16. The van der Waals surface area contributed by atoms with E-state index in [1.807, 2.05) is 24.5 Å². The monoisotopic (exact) mass is 427 g/mol. The van der Waals surface area contributed by atoms with E-state index in [0.717, 1.165) is 0 Å². The Labute approximate surface area is 184 Å². The second-order valence-corrected chi connectivity index (χ2v) is 7.29. The highest BCUT2D eigenvalue weighted by molar-refractivity contribution is 6.08. The minimum Gasteiger partial charge on any atom is -0.321 e. The Hall–Kier alpha value is -4.40. The van der Waals surface area contributed by atoms with Crippen molar-refractivity contribution in [3.63, 3.8) is 0 Å². The molecule has 0 radical (unpaired) electrons. The van der Waals surface area contributed by atoms with E-state index in [1.165, 1.54) is 6.07 Å². The fraction of sp³-hybridized carbons (Fsp3) is 0.130. The summed E-state index contributed by atoms with van der Waals surface area (Å²) in [6.45, 7) is 4.05. The lowest BCUT2D eigenvalue weighted by Gasteiger charge is -2.11. The maximum Gasteiger partial charge on any atom is 0.256 e. The molecular weight excluding hydrogens is 406 g/mol. The summed E-state index contributed by atoms with van der Waals surface area (Å²) in [5, 5.41) is 13.6. The molecule has 3 aromatic heterocycles. The van der Waals surface area contributed by atoms with Gasteiger partial charge in [-0.1, -0.05) is 12.1 Å². The molecular formula is C23H21N7O2. The van der Waals surface area contributed by atoms with E-state index in [1.54, 1.807) is 61.2 Å². The quantitative estimate of drug-likeness (QED) is 0.483. The summed E-state index contributed by atoms with van der Waals surface area (Å²) < 4.78 is 1.90. The Morgan fingerprint density at radius 1 is 0.938 bits per heavy atom. The standard InChI is InChI=1S/C23H21N7O2/c1-15(2)30-14-25-29-21(30)19-9-4-10-20(27-19)28-23(32)17-7-3-6-16(12-17)22(31)26-18-8-5-11-24-13-18/h3-15H,1-2H3,(H,26,31)(H,27,28,32). The van der Waals surface area contributed by atoms with Crippen LogP contribution in [0.4, 0.5) is 11.5 Å². The number of aromatic nitrogens is 5. The van der Waals surface area contributed by atoms with Crippen molar-refractivity contribution in [1.29, 1.82) is 0 Å². The van der Waals surface area contributed by atoms with Crippen LogP contribution in [-0.2, 0) is 0 Å². The summed E-state index contributed by atoms with van der Waals surface area (Å²) in [7, 11) is 0. The maximum atomic E-state index is 12.8. The second-order valence-electron chi connectivity index (χ2n) is 7.29. The molecule has 4 rings (SSSR count). The minimum atomic E-state index is -0.379. The van der Waals surface area contributed by atoms with Gasteiger partial charge in [-0.3, -0.25) is 14.6 Å². The Morgan fingerprint density at radius 2 is 1.69 bits per heavy atom. The molecule has 2 N–H and O–H groups in total. The average molecular weight is 427 g/mol. The molecule has 0 aliphatic carbocycles. The molecule has 0 unspecified atom stereocenters. The zero-order valence-electron chi connectivity index (χ0n) is 17.6. The van der Waals surface area contributed by atoms with E-state index >= 15 is 0 Å². The first-order valence-electron chi connectivity index (χ1n) is 10.0. The number of rotatable bonds is 6. The van der Waals surface area contributed by atoms with Crippen LogP contribution in [0.3, 0.4) is 0 Å². The molecule has 0 saturated heterocycles. The van der Waals surface area contributed by atoms with Gasteiger partial charge in [-0.15, -0.1) is 10.2 Å². The topological polar surface area (TPSA) is 115 Å². The number of nitrogens with one attached hydrogen (secondary N) is 2. The highest BCUT2D eigenvalue weighted by atomic mass is 16.2. The Bertz CT molecular complexity index is 1250. The van der Waals surface area contributed by atoms with Crippen molar-refractivity contribution in [2.45, 2.75) is 19.9 Å². The first kappa shape index (κ1) is 20.9. The van der Waals surface area contributed by atoms with Crippen LogP contribution in [0.25, 0.3) is 11.5 Å². The minimum absolute atomic E-state index is 0.167. The van der Waals surface area contributed by atoms with Crippen molar-refractivity contribution >= 4 is 23.3 Å². The van der Waals surface area contributed by atoms with Crippen LogP contribution in [0.5, 0.6) is 0 Å².